The molecular formula is C12H18N2O. The van der Waals surface area contributed by atoms with E-state index >= 15 is 0 Å². The minimum Gasteiger partial charge on any atom is -0.490 e. The lowest BCUT2D eigenvalue weighted by Crippen LogP contribution is -2.30. The molecular weight excluding hydrogens is 188 g/mol. The van der Waals surface area contributed by atoms with Crippen molar-refractivity contribution in [3.8, 4) is 5.75 Å². The maximum Gasteiger partial charge on any atom is 0.137 e. The molecule has 0 amide bonds. The summed E-state index contributed by atoms with van der Waals surface area (Å²) in [5.74, 6) is 1.66. The van der Waals surface area contributed by atoms with E-state index in [-0.39, 0.29) is 0 Å². The Kier molecular flexibility index (Phi) is 3.21. The Labute approximate surface area is 91.1 Å². The number of pyridine rings is 1. The van der Waals surface area contributed by atoms with Crippen molar-refractivity contribution in [3.63, 3.8) is 0 Å². The SMILES string of the molecule is C[C@H]1CC(COc2cccnc2)N(C)C1. The third-order valence-corrected chi connectivity index (χ3v) is 2.97. The topological polar surface area (TPSA) is 25.4 Å². The van der Waals surface area contributed by atoms with Crippen molar-refractivity contribution in [1.82, 2.24) is 9.88 Å². The number of hydrogen-bond donors (Lipinski definition) is 0. The molecule has 1 aromatic rings. The molecule has 1 aliphatic heterocycles. The quantitative estimate of drug-likeness (QED) is 0.754. The van der Waals surface area contributed by atoms with Gasteiger partial charge >= 0.3 is 0 Å². The van der Waals surface area contributed by atoms with Crippen molar-refractivity contribution in [2.24, 2.45) is 5.92 Å². The van der Waals surface area contributed by atoms with E-state index < -0.39 is 0 Å². The molecule has 1 fully saturated rings. The number of ether oxygens (including phenoxy) is 1. The van der Waals surface area contributed by atoms with Crippen LogP contribution in [0.15, 0.2) is 24.5 Å². The van der Waals surface area contributed by atoms with Crippen LogP contribution in [0.3, 0.4) is 0 Å². The Hall–Kier alpha value is -1.09. The molecule has 0 saturated carbocycles. The van der Waals surface area contributed by atoms with E-state index in [1.807, 2.05) is 12.1 Å². The van der Waals surface area contributed by atoms with E-state index in [2.05, 4.69) is 23.9 Å². The van der Waals surface area contributed by atoms with E-state index in [1.165, 1.54) is 13.0 Å². The highest BCUT2D eigenvalue weighted by atomic mass is 16.5. The molecule has 0 aromatic carbocycles. The minimum atomic E-state index is 0.556. The number of nitrogens with zero attached hydrogens (tertiary/aromatic N) is 2. The summed E-state index contributed by atoms with van der Waals surface area (Å²) in [4.78, 5) is 6.40. The van der Waals surface area contributed by atoms with Crippen LogP contribution in [0.25, 0.3) is 0 Å². The van der Waals surface area contributed by atoms with E-state index in [0.29, 0.717) is 6.04 Å². The van der Waals surface area contributed by atoms with Gasteiger partial charge in [0.1, 0.15) is 12.4 Å². The van der Waals surface area contributed by atoms with Gasteiger partial charge in [-0.05, 0) is 31.5 Å². The third kappa shape index (κ3) is 2.69. The summed E-state index contributed by atoms with van der Waals surface area (Å²) in [6.07, 6.45) is 4.76. The Morgan fingerprint density at radius 2 is 2.47 bits per heavy atom. The van der Waals surface area contributed by atoms with Crippen molar-refractivity contribution in [2.75, 3.05) is 20.2 Å². The molecule has 3 heteroatoms. The van der Waals surface area contributed by atoms with Crippen LogP contribution in [-0.2, 0) is 0 Å². The Morgan fingerprint density at radius 1 is 1.60 bits per heavy atom. The van der Waals surface area contributed by atoms with Crippen LogP contribution >= 0.6 is 0 Å². The molecule has 82 valence electrons. The fourth-order valence-electron chi connectivity index (χ4n) is 2.18. The van der Waals surface area contributed by atoms with Gasteiger partial charge in [-0.2, -0.15) is 0 Å². The van der Waals surface area contributed by atoms with Gasteiger partial charge in [-0.3, -0.25) is 9.88 Å². The lowest BCUT2D eigenvalue weighted by atomic mass is 10.1. The normalized spacial score (nSPS) is 26.8. The fraction of sp³-hybridized carbons (Fsp3) is 0.583. The molecule has 2 heterocycles. The van der Waals surface area contributed by atoms with Gasteiger partial charge in [-0.25, -0.2) is 0 Å². The largest absolute Gasteiger partial charge is 0.490 e. The predicted molar refractivity (Wildman–Crippen MR) is 59.9 cm³/mol. The van der Waals surface area contributed by atoms with Crippen LogP contribution in [-0.4, -0.2) is 36.1 Å². The standard InChI is InChI=1S/C12H18N2O/c1-10-6-11(14(2)8-10)9-15-12-4-3-5-13-7-12/h3-5,7,10-11H,6,8-9H2,1-2H3/t10-,11?/m0/s1. The van der Waals surface area contributed by atoms with Crippen LogP contribution in [0.4, 0.5) is 0 Å². The van der Waals surface area contributed by atoms with Crippen molar-refractivity contribution in [1.29, 1.82) is 0 Å². The highest BCUT2D eigenvalue weighted by Gasteiger charge is 2.26. The third-order valence-electron chi connectivity index (χ3n) is 2.97. The van der Waals surface area contributed by atoms with Crippen molar-refractivity contribution in [3.05, 3.63) is 24.5 Å². The number of hydrogen-bond acceptors (Lipinski definition) is 3. The summed E-state index contributed by atoms with van der Waals surface area (Å²) in [7, 11) is 2.17. The van der Waals surface area contributed by atoms with E-state index in [9.17, 15) is 0 Å². The Morgan fingerprint density at radius 3 is 3.07 bits per heavy atom. The first-order chi connectivity index (χ1) is 7.25. The molecule has 1 aliphatic rings. The second-order valence-corrected chi connectivity index (χ2v) is 4.43. The zero-order chi connectivity index (χ0) is 10.7. The van der Waals surface area contributed by atoms with E-state index in [1.54, 1.807) is 12.4 Å². The number of likely N-dealkylation sites (N-methyl/N-ethyl adjacent to an activating group) is 1. The maximum absolute atomic E-state index is 5.70. The summed E-state index contributed by atoms with van der Waals surface area (Å²) >= 11 is 0. The van der Waals surface area contributed by atoms with Gasteiger partial charge < -0.3 is 4.74 Å². The average molecular weight is 206 g/mol. The maximum atomic E-state index is 5.70. The first kappa shape index (κ1) is 10.4. The molecule has 0 radical (unpaired) electrons. The molecule has 3 nitrogen and oxygen atoms in total. The number of aromatic nitrogens is 1. The Balaban J connectivity index is 1.84. The second kappa shape index (κ2) is 4.62. The smallest absolute Gasteiger partial charge is 0.137 e. The predicted octanol–water partition coefficient (Wildman–Crippen LogP) is 1.80. The van der Waals surface area contributed by atoms with Crippen LogP contribution in [0.5, 0.6) is 5.75 Å². The van der Waals surface area contributed by atoms with Gasteiger partial charge in [0.2, 0.25) is 0 Å². The van der Waals surface area contributed by atoms with E-state index in [4.69, 9.17) is 4.74 Å². The van der Waals surface area contributed by atoms with Gasteiger partial charge in [-0.1, -0.05) is 6.92 Å². The molecule has 1 unspecified atom stereocenters. The summed E-state index contributed by atoms with van der Waals surface area (Å²) in [6.45, 7) is 4.24. The first-order valence-corrected chi connectivity index (χ1v) is 5.49. The van der Waals surface area contributed by atoms with Crippen molar-refractivity contribution >= 4 is 0 Å². The first-order valence-electron chi connectivity index (χ1n) is 5.49. The van der Waals surface area contributed by atoms with Gasteiger partial charge in [-0.15, -0.1) is 0 Å². The summed E-state index contributed by atoms with van der Waals surface area (Å²) in [5.41, 5.74) is 0. The second-order valence-electron chi connectivity index (χ2n) is 4.43. The van der Waals surface area contributed by atoms with E-state index in [0.717, 1.165) is 18.3 Å². The van der Waals surface area contributed by atoms with Gasteiger partial charge in [0.25, 0.3) is 0 Å². The molecule has 2 atom stereocenters. The van der Waals surface area contributed by atoms with Crippen LogP contribution < -0.4 is 4.74 Å². The van der Waals surface area contributed by atoms with Gasteiger partial charge in [0, 0.05) is 18.8 Å². The molecule has 0 spiro atoms. The van der Waals surface area contributed by atoms with Crippen LogP contribution in [0.2, 0.25) is 0 Å². The summed E-state index contributed by atoms with van der Waals surface area (Å²) in [6, 6.07) is 4.40. The van der Waals surface area contributed by atoms with Gasteiger partial charge in [0.15, 0.2) is 0 Å². The summed E-state index contributed by atoms with van der Waals surface area (Å²) in [5, 5.41) is 0. The molecule has 0 bridgehead atoms. The van der Waals surface area contributed by atoms with Gasteiger partial charge in [0.05, 0.1) is 6.20 Å². The minimum absolute atomic E-state index is 0.556. The van der Waals surface area contributed by atoms with Crippen molar-refractivity contribution in [2.45, 2.75) is 19.4 Å². The molecule has 0 aliphatic carbocycles. The molecule has 1 saturated heterocycles. The Bertz CT molecular complexity index is 302. The zero-order valence-electron chi connectivity index (χ0n) is 9.39. The summed E-state index contributed by atoms with van der Waals surface area (Å²) < 4.78 is 5.70. The lowest BCUT2D eigenvalue weighted by Gasteiger charge is -2.19. The molecule has 2 rings (SSSR count). The average Bonchev–Trinajstić information content (AvgIpc) is 2.56. The lowest BCUT2D eigenvalue weighted by molar-refractivity contribution is 0.198. The number of rotatable bonds is 3. The van der Waals surface area contributed by atoms with Crippen LogP contribution in [0.1, 0.15) is 13.3 Å². The van der Waals surface area contributed by atoms with Crippen molar-refractivity contribution < 1.29 is 4.74 Å². The zero-order valence-corrected chi connectivity index (χ0v) is 9.39. The van der Waals surface area contributed by atoms with Crippen LogP contribution in [0, 0.1) is 5.92 Å². The highest BCUT2D eigenvalue weighted by molar-refractivity contribution is 5.15. The monoisotopic (exact) mass is 206 g/mol. The fourth-order valence-corrected chi connectivity index (χ4v) is 2.18. The number of likely N-dealkylation sites (tertiary alicyclic amines) is 1. The highest BCUT2D eigenvalue weighted by Crippen LogP contribution is 2.21. The molecule has 0 N–H and O–H groups in total. The molecule has 15 heavy (non-hydrogen) atoms. The molecule has 1 aromatic heterocycles.